The molecule has 1 aromatic carbocycles. The average Bonchev–Trinajstić information content (AvgIpc) is 3.19. The molecule has 130 valence electrons. The molecule has 2 aliphatic heterocycles. The van der Waals surface area contributed by atoms with Crippen LogP contribution in [0.15, 0.2) is 45.9 Å². The van der Waals surface area contributed by atoms with E-state index in [1.807, 2.05) is 0 Å². The molecule has 2 fully saturated rings. The van der Waals surface area contributed by atoms with Crippen molar-refractivity contribution in [2.75, 3.05) is 11.5 Å². The second-order valence-electron chi connectivity index (χ2n) is 6.03. The number of hydrogen-bond donors (Lipinski definition) is 2. The van der Waals surface area contributed by atoms with Crippen LogP contribution in [0.4, 0.5) is 4.39 Å². The number of rotatable bonds is 3. The highest BCUT2D eigenvalue weighted by Crippen LogP contribution is 2.27. The summed E-state index contributed by atoms with van der Waals surface area (Å²) in [5.41, 5.74) is 0.760. The van der Waals surface area contributed by atoms with Crippen LogP contribution in [-0.2, 0) is 14.4 Å². The van der Waals surface area contributed by atoms with Gasteiger partial charge < -0.3 is 9.73 Å². The molecule has 3 atom stereocenters. The first-order valence-electron chi connectivity index (χ1n) is 7.63. The van der Waals surface area contributed by atoms with Crippen molar-refractivity contribution in [1.82, 2.24) is 10.3 Å². The predicted octanol–water partition coefficient (Wildman–Crippen LogP) is 2.33. The molecule has 2 N–H and O–H groups in total. The summed E-state index contributed by atoms with van der Waals surface area (Å²) in [5, 5.41) is 9.35. The highest BCUT2D eigenvalue weighted by atomic mass is 32.3. The van der Waals surface area contributed by atoms with Crippen LogP contribution in [0.1, 0.15) is 5.76 Å². The molecular formula is C16H15FN3O3S2+. The predicted molar refractivity (Wildman–Crippen MR) is 97.3 cm³/mol. The number of nitrogens with zero attached hydrogens (tertiary/aromatic N) is 2. The van der Waals surface area contributed by atoms with Crippen molar-refractivity contribution in [3.8, 4) is 11.3 Å². The summed E-state index contributed by atoms with van der Waals surface area (Å²) >= 11 is 5.24. The summed E-state index contributed by atoms with van der Waals surface area (Å²) in [6.45, 7) is 0. The largest absolute Gasteiger partial charge is 0.455 e. The summed E-state index contributed by atoms with van der Waals surface area (Å²) in [6.07, 6.45) is 1.51. The van der Waals surface area contributed by atoms with Crippen LogP contribution >= 0.6 is 12.2 Å². The lowest BCUT2D eigenvalue weighted by Gasteiger charge is -2.14. The maximum absolute atomic E-state index is 13.0. The van der Waals surface area contributed by atoms with Gasteiger partial charge in [0.1, 0.15) is 29.4 Å². The first kappa shape index (κ1) is 16.4. The van der Waals surface area contributed by atoms with E-state index in [9.17, 15) is 13.2 Å². The second kappa shape index (κ2) is 6.01. The Bertz CT molecular complexity index is 896. The van der Waals surface area contributed by atoms with Gasteiger partial charge in [0.25, 0.3) is 0 Å². The Morgan fingerprint density at radius 1 is 1.32 bits per heavy atom. The third-order valence-electron chi connectivity index (χ3n) is 4.23. The fourth-order valence-electron chi connectivity index (χ4n) is 3.05. The molecular weight excluding hydrogens is 365 g/mol. The van der Waals surface area contributed by atoms with Crippen LogP contribution in [0.2, 0.25) is 0 Å². The average molecular weight is 380 g/mol. The fourth-order valence-corrected chi connectivity index (χ4v) is 5.29. The van der Waals surface area contributed by atoms with E-state index in [0.717, 1.165) is 5.56 Å². The highest BCUT2D eigenvalue weighted by molar-refractivity contribution is 7.98. The lowest BCUT2D eigenvalue weighted by molar-refractivity contribution is 0.372. The summed E-state index contributed by atoms with van der Waals surface area (Å²) in [4.78, 5) is 0. The van der Waals surface area contributed by atoms with Gasteiger partial charge in [-0.1, -0.05) is 4.21 Å². The zero-order chi connectivity index (χ0) is 17.6. The number of thiocarbonyl (C=S) groups is 1. The molecule has 2 aromatic rings. The van der Waals surface area contributed by atoms with E-state index < -0.39 is 10.2 Å². The molecule has 2 saturated heterocycles. The summed E-state index contributed by atoms with van der Waals surface area (Å²) in [7, 11) is -2.82. The van der Waals surface area contributed by atoms with Gasteiger partial charge in [0.05, 0.1) is 6.21 Å². The minimum Gasteiger partial charge on any atom is -0.455 e. The van der Waals surface area contributed by atoms with Gasteiger partial charge in [-0.25, -0.2) is 9.40 Å². The first-order valence-corrected chi connectivity index (χ1v) is 9.89. The van der Waals surface area contributed by atoms with E-state index >= 15 is 0 Å². The van der Waals surface area contributed by atoms with E-state index in [2.05, 4.69) is 10.4 Å². The molecule has 0 spiro atoms. The molecule has 0 radical (unpaired) electrons. The lowest BCUT2D eigenvalue weighted by Crippen LogP contribution is -2.33. The van der Waals surface area contributed by atoms with Gasteiger partial charge in [-0.05, 0) is 48.6 Å². The minimum absolute atomic E-state index is 0.140. The Hall–Kier alpha value is -2.10. The molecule has 2 aliphatic rings. The quantitative estimate of drug-likeness (QED) is 0.483. The van der Waals surface area contributed by atoms with Crippen molar-refractivity contribution in [3.05, 3.63) is 48.0 Å². The van der Waals surface area contributed by atoms with Gasteiger partial charge in [-0.2, -0.15) is 9.65 Å². The zero-order valence-corrected chi connectivity index (χ0v) is 14.6. The normalized spacial score (nSPS) is 28.6. The summed E-state index contributed by atoms with van der Waals surface area (Å²) < 4.78 is 40.3. The third-order valence-corrected chi connectivity index (χ3v) is 6.28. The van der Waals surface area contributed by atoms with Crippen molar-refractivity contribution in [3.63, 3.8) is 0 Å². The van der Waals surface area contributed by atoms with E-state index in [-0.39, 0.29) is 29.4 Å². The molecule has 4 rings (SSSR count). The van der Waals surface area contributed by atoms with Gasteiger partial charge in [-0.15, -0.1) is 0 Å². The van der Waals surface area contributed by atoms with Crippen molar-refractivity contribution in [1.29, 1.82) is 0 Å². The Morgan fingerprint density at radius 2 is 2.08 bits per heavy atom. The fraction of sp³-hybridized carbons (Fsp3) is 0.250. The molecule has 0 amide bonds. The number of nitrogens with one attached hydrogen (secondary N) is 1. The molecule has 1 unspecified atom stereocenters. The first-order chi connectivity index (χ1) is 11.9. The Kier molecular flexibility index (Phi) is 3.94. The number of hydrazone groups is 1. The van der Waals surface area contributed by atoms with Crippen LogP contribution in [0.3, 0.4) is 0 Å². The number of benzene rings is 1. The van der Waals surface area contributed by atoms with Gasteiger partial charge in [0.15, 0.2) is 16.6 Å². The molecule has 0 bridgehead atoms. The van der Waals surface area contributed by atoms with Crippen molar-refractivity contribution in [2.24, 2.45) is 5.10 Å². The molecule has 0 aliphatic carbocycles. The molecule has 3 heterocycles. The van der Waals surface area contributed by atoms with Crippen LogP contribution in [0.5, 0.6) is 0 Å². The third kappa shape index (κ3) is 3.22. The van der Waals surface area contributed by atoms with E-state index in [1.165, 1.54) is 18.3 Å². The number of hydrogen-bond acceptors (Lipinski definition) is 4. The van der Waals surface area contributed by atoms with Gasteiger partial charge in [0, 0.05) is 5.56 Å². The van der Waals surface area contributed by atoms with E-state index in [4.69, 9.17) is 16.6 Å². The topological polar surface area (TPSA) is 78.1 Å². The van der Waals surface area contributed by atoms with Crippen molar-refractivity contribution >= 4 is 33.8 Å². The van der Waals surface area contributed by atoms with Crippen molar-refractivity contribution in [2.45, 2.75) is 12.1 Å². The van der Waals surface area contributed by atoms with Crippen LogP contribution in [0.25, 0.3) is 11.3 Å². The lowest BCUT2D eigenvalue weighted by atomic mass is 10.2. The maximum atomic E-state index is 13.0. The van der Waals surface area contributed by atoms with Gasteiger partial charge >= 0.3 is 0 Å². The zero-order valence-electron chi connectivity index (χ0n) is 13.0. The number of halogens is 1. The Labute approximate surface area is 150 Å². The molecule has 1 aromatic heterocycles. The Morgan fingerprint density at radius 3 is 2.84 bits per heavy atom. The summed E-state index contributed by atoms with van der Waals surface area (Å²) in [6, 6.07) is 9.13. The van der Waals surface area contributed by atoms with E-state index in [0.29, 0.717) is 16.6 Å². The van der Waals surface area contributed by atoms with Crippen LogP contribution in [0, 0.1) is 5.82 Å². The molecule has 0 saturated carbocycles. The maximum Gasteiger partial charge on any atom is 0.218 e. The van der Waals surface area contributed by atoms with Crippen LogP contribution < -0.4 is 5.32 Å². The van der Waals surface area contributed by atoms with Gasteiger partial charge in [-0.3, -0.25) is 0 Å². The van der Waals surface area contributed by atoms with E-state index in [1.54, 1.807) is 29.3 Å². The number of fused-ring (bicyclic) bond motifs is 1. The van der Waals surface area contributed by atoms with Crippen LogP contribution in [-0.4, -0.2) is 44.5 Å². The number of furan rings is 1. The minimum atomic E-state index is -2.82. The monoisotopic (exact) mass is 380 g/mol. The molecule has 6 nitrogen and oxygen atoms in total. The molecule has 25 heavy (non-hydrogen) atoms. The Balaban J connectivity index is 1.51. The smallest absolute Gasteiger partial charge is 0.218 e. The second-order valence-corrected chi connectivity index (χ2v) is 8.63. The molecule has 9 heteroatoms. The summed E-state index contributed by atoms with van der Waals surface area (Å²) in [5.74, 6) is 1.12. The standard InChI is InChI=1S/C16H14FN3O3S2/c17-11-3-1-10(2-4-11)15-6-5-12(23-15)7-18-20-14-9-25(21,22)8-13(14)19-16(20)24/h1-7,13-14H,8-9H2,(H-,19,21,22,24)/p+1/b18-7-/t13-,14+/m1/s1. The highest BCUT2D eigenvalue weighted by Gasteiger charge is 2.54. The SMILES string of the molecule is O=[S+]1(O)C[C@H]2NC(=S)N(/N=C\c3ccc(-c4ccc(F)cc4)o3)[C@H]2C1. The van der Waals surface area contributed by atoms with Gasteiger partial charge in [0.2, 0.25) is 10.2 Å². The van der Waals surface area contributed by atoms with Crippen molar-refractivity contribution < 1.29 is 17.6 Å².